The molecule has 2 N–H and O–H groups in total. The Balaban J connectivity index is 1.99. The van der Waals surface area contributed by atoms with Gasteiger partial charge in [-0.15, -0.1) is 0 Å². The first kappa shape index (κ1) is 16.6. The van der Waals surface area contributed by atoms with E-state index >= 15 is 0 Å². The van der Waals surface area contributed by atoms with Gasteiger partial charge in [-0.1, -0.05) is 60.7 Å². The Morgan fingerprint density at radius 2 is 1.62 bits per heavy atom. The van der Waals surface area contributed by atoms with E-state index in [1.807, 2.05) is 60.5 Å². The van der Waals surface area contributed by atoms with Crippen LogP contribution in [0.1, 0.15) is 18.5 Å². The van der Waals surface area contributed by atoms with Gasteiger partial charge in [0.05, 0.1) is 6.04 Å². The third-order valence-electron chi connectivity index (χ3n) is 4.16. The third-order valence-corrected chi connectivity index (χ3v) is 4.88. The van der Waals surface area contributed by atoms with E-state index in [1.54, 1.807) is 0 Å². The van der Waals surface area contributed by atoms with Crippen LogP contribution in [0.3, 0.4) is 0 Å². The highest BCUT2D eigenvalue weighted by Crippen LogP contribution is 2.31. The first-order valence-electron chi connectivity index (χ1n) is 7.74. The van der Waals surface area contributed by atoms with Crippen LogP contribution < -0.4 is 10.6 Å². The molecule has 1 atom stereocenters. The standard InChI is InChI=1S/C19H19N3S2/c1-13-16(18(23)20-15-11-7-4-8-12-15)17(21-19(24)22(13)2)14-9-5-3-6-10-14/h3-12,17H,1-2H3,(H,20,23)(H,21,24)/t17-/m1/s1. The zero-order valence-corrected chi connectivity index (χ0v) is 15.2. The fraction of sp³-hybridized carbons (Fsp3) is 0.158. The van der Waals surface area contributed by atoms with E-state index in [1.165, 1.54) is 0 Å². The SMILES string of the molecule is CC1=C(C(=S)Nc2ccccc2)[C@@H](c2ccccc2)NC(=S)N1C. The molecule has 2 aromatic rings. The van der Waals surface area contributed by atoms with E-state index < -0.39 is 0 Å². The van der Waals surface area contributed by atoms with Crippen LogP contribution in [0, 0.1) is 0 Å². The second-order valence-corrected chi connectivity index (χ2v) is 6.47. The first-order chi connectivity index (χ1) is 11.6. The van der Waals surface area contributed by atoms with Gasteiger partial charge < -0.3 is 15.5 Å². The largest absolute Gasteiger partial charge is 0.351 e. The number of nitrogens with zero attached hydrogens (tertiary/aromatic N) is 1. The Kier molecular flexibility index (Phi) is 4.92. The fourth-order valence-corrected chi connectivity index (χ4v) is 3.38. The molecule has 0 saturated heterocycles. The molecule has 0 fully saturated rings. The highest BCUT2D eigenvalue weighted by Gasteiger charge is 2.30. The lowest BCUT2D eigenvalue weighted by Crippen LogP contribution is -2.46. The Morgan fingerprint density at radius 3 is 2.25 bits per heavy atom. The molecule has 3 rings (SSSR count). The van der Waals surface area contributed by atoms with Crippen molar-refractivity contribution in [3.05, 3.63) is 77.5 Å². The van der Waals surface area contributed by atoms with Crippen molar-refractivity contribution < 1.29 is 0 Å². The van der Waals surface area contributed by atoms with Crippen molar-refractivity contribution in [2.75, 3.05) is 12.4 Å². The van der Waals surface area contributed by atoms with Crippen LogP contribution in [0.5, 0.6) is 0 Å². The van der Waals surface area contributed by atoms with E-state index in [0.29, 0.717) is 10.1 Å². The number of rotatable bonds is 3. The van der Waals surface area contributed by atoms with Gasteiger partial charge in [0.25, 0.3) is 0 Å². The summed E-state index contributed by atoms with van der Waals surface area (Å²) in [6.45, 7) is 2.05. The first-order valence-corrected chi connectivity index (χ1v) is 8.56. The van der Waals surface area contributed by atoms with Crippen molar-refractivity contribution in [2.24, 2.45) is 0 Å². The minimum atomic E-state index is -0.0568. The van der Waals surface area contributed by atoms with Crippen LogP contribution in [0.15, 0.2) is 71.9 Å². The minimum Gasteiger partial charge on any atom is -0.351 e. The zero-order valence-electron chi connectivity index (χ0n) is 13.6. The fourth-order valence-electron chi connectivity index (χ4n) is 2.75. The molecule has 0 spiro atoms. The quantitative estimate of drug-likeness (QED) is 0.804. The molecule has 1 aliphatic heterocycles. The molecule has 3 nitrogen and oxygen atoms in total. The van der Waals surface area contributed by atoms with Crippen molar-refractivity contribution >= 4 is 40.2 Å². The molecule has 1 heterocycles. The smallest absolute Gasteiger partial charge is 0.173 e. The molecule has 0 radical (unpaired) electrons. The Bertz CT molecular complexity index is 785. The Morgan fingerprint density at radius 1 is 1.04 bits per heavy atom. The maximum absolute atomic E-state index is 5.72. The highest BCUT2D eigenvalue weighted by molar-refractivity contribution is 7.81. The molecule has 5 heteroatoms. The number of benzene rings is 2. The highest BCUT2D eigenvalue weighted by atomic mass is 32.1. The number of para-hydroxylation sites is 1. The molecule has 0 aromatic heterocycles. The van der Waals surface area contributed by atoms with Gasteiger partial charge in [-0.2, -0.15) is 0 Å². The van der Waals surface area contributed by atoms with Crippen LogP contribution >= 0.6 is 24.4 Å². The number of allylic oxidation sites excluding steroid dienone is 1. The number of nitrogens with one attached hydrogen (secondary N) is 2. The van der Waals surface area contributed by atoms with E-state index in [0.717, 1.165) is 22.5 Å². The van der Waals surface area contributed by atoms with Crippen LogP contribution in [-0.2, 0) is 0 Å². The predicted octanol–water partition coefficient (Wildman–Crippen LogP) is 4.26. The summed E-state index contributed by atoms with van der Waals surface area (Å²) in [6.07, 6.45) is 0. The van der Waals surface area contributed by atoms with Crippen LogP contribution in [0.2, 0.25) is 0 Å². The number of hydrogen-bond acceptors (Lipinski definition) is 2. The molecule has 0 saturated carbocycles. The van der Waals surface area contributed by atoms with Crippen molar-refractivity contribution in [3.63, 3.8) is 0 Å². The maximum Gasteiger partial charge on any atom is 0.173 e. The van der Waals surface area contributed by atoms with Gasteiger partial charge >= 0.3 is 0 Å². The van der Waals surface area contributed by atoms with Crippen LogP contribution in [-0.4, -0.2) is 22.0 Å². The molecule has 122 valence electrons. The second kappa shape index (κ2) is 7.11. The van der Waals surface area contributed by atoms with Gasteiger partial charge in [0.15, 0.2) is 5.11 Å². The molecule has 24 heavy (non-hydrogen) atoms. The third kappa shape index (κ3) is 3.32. The Hall–Kier alpha value is -2.24. The maximum atomic E-state index is 5.72. The number of anilines is 1. The molecular formula is C19H19N3S2. The number of hydrogen-bond donors (Lipinski definition) is 2. The topological polar surface area (TPSA) is 27.3 Å². The van der Waals surface area contributed by atoms with Crippen molar-refractivity contribution in [1.29, 1.82) is 0 Å². The summed E-state index contributed by atoms with van der Waals surface area (Å²) in [5.74, 6) is 0. The molecule has 2 aromatic carbocycles. The molecule has 0 amide bonds. The summed E-state index contributed by atoms with van der Waals surface area (Å²) in [7, 11) is 1.96. The summed E-state index contributed by atoms with van der Waals surface area (Å²) in [6, 6.07) is 20.1. The molecule has 0 aliphatic carbocycles. The zero-order chi connectivity index (χ0) is 17.1. The summed E-state index contributed by atoms with van der Waals surface area (Å²) >= 11 is 11.2. The number of thiocarbonyl (C=S) groups is 2. The average Bonchev–Trinajstić information content (AvgIpc) is 2.61. The van der Waals surface area contributed by atoms with E-state index in [2.05, 4.69) is 29.7 Å². The monoisotopic (exact) mass is 353 g/mol. The van der Waals surface area contributed by atoms with Crippen molar-refractivity contribution in [3.8, 4) is 0 Å². The van der Waals surface area contributed by atoms with E-state index in [4.69, 9.17) is 24.4 Å². The van der Waals surface area contributed by atoms with Gasteiger partial charge in [0, 0.05) is 24.0 Å². The lowest BCUT2D eigenvalue weighted by molar-refractivity contribution is 0.541. The second-order valence-electron chi connectivity index (χ2n) is 5.67. The van der Waals surface area contributed by atoms with E-state index in [-0.39, 0.29) is 6.04 Å². The van der Waals surface area contributed by atoms with Gasteiger partial charge in [-0.25, -0.2) is 0 Å². The summed E-state index contributed by atoms with van der Waals surface area (Å²) in [4.78, 5) is 2.66. The molecule has 1 aliphatic rings. The van der Waals surface area contributed by atoms with Crippen molar-refractivity contribution in [1.82, 2.24) is 10.2 Å². The normalized spacial score (nSPS) is 17.5. The van der Waals surface area contributed by atoms with Gasteiger partial charge in [0.2, 0.25) is 0 Å². The molecule has 0 unspecified atom stereocenters. The van der Waals surface area contributed by atoms with Gasteiger partial charge in [-0.05, 0) is 36.8 Å². The van der Waals surface area contributed by atoms with Gasteiger partial charge in [0.1, 0.15) is 4.99 Å². The molecule has 0 bridgehead atoms. The summed E-state index contributed by atoms with van der Waals surface area (Å²) in [5, 5.41) is 7.44. The van der Waals surface area contributed by atoms with Crippen LogP contribution in [0.25, 0.3) is 0 Å². The van der Waals surface area contributed by atoms with Gasteiger partial charge in [-0.3, -0.25) is 0 Å². The lowest BCUT2D eigenvalue weighted by Gasteiger charge is -2.36. The van der Waals surface area contributed by atoms with Crippen molar-refractivity contribution in [2.45, 2.75) is 13.0 Å². The summed E-state index contributed by atoms with van der Waals surface area (Å²) < 4.78 is 0. The molecular weight excluding hydrogens is 334 g/mol. The lowest BCUT2D eigenvalue weighted by atomic mass is 9.95. The van der Waals surface area contributed by atoms with E-state index in [9.17, 15) is 0 Å². The van der Waals surface area contributed by atoms with Crippen LogP contribution in [0.4, 0.5) is 5.69 Å². The average molecular weight is 354 g/mol. The summed E-state index contributed by atoms with van der Waals surface area (Å²) in [5.41, 5.74) is 4.21. The minimum absolute atomic E-state index is 0.0568. The Labute approximate surface area is 153 Å². The predicted molar refractivity (Wildman–Crippen MR) is 108 cm³/mol.